The molecule has 1 aliphatic rings. The summed E-state index contributed by atoms with van der Waals surface area (Å²) in [4.78, 5) is 22.4. The van der Waals surface area contributed by atoms with E-state index in [1.54, 1.807) is 0 Å². The third kappa shape index (κ3) is 7.88. The Bertz CT molecular complexity index is 1900. The highest BCUT2D eigenvalue weighted by Gasteiger charge is 2.46. The van der Waals surface area contributed by atoms with Crippen LogP contribution in [0.15, 0.2) is 135 Å². The summed E-state index contributed by atoms with van der Waals surface area (Å²) in [6, 6.07) is 38.3. The van der Waals surface area contributed by atoms with Crippen LogP contribution >= 0.6 is 0 Å². The van der Waals surface area contributed by atoms with Crippen molar-refractivity contribution in [2.45, 2.75) is 5.41 Å². The average Bonchev–Trinajstić information content (AvgIpc) is 3.46. The summed E-state index contributed by atoms with van der Waals surface area (Å²) in [5.41, 5.74) is 6.43. The van der Waals surface area contributed by atoms with Gasteiger partial charge in [-0.2, -0.15) is 0 Å². The lowest BCUT2D eigenvalue weighted by Gasteiger charge is -2.34. The SMILES string of the molecule is C=CC(=O)OCCOCCOc1ccc(C2(c3ccc(OCCOCCOC(=O)C=C)cc3)c3ccccc3-c3cc4ccccc4cc32)cc1. The summed E-state index contributed by atoms with van der Waals surface area (Å²) in [5, 5.41) is 2.36. The molecule has 8 heteroatoms. The van der Waals surface area contributed by atoms with Gasteiger partial charge in [-0.1, -0.05) is 86.0 Å². The van der Waals surface area contributed by atoms with Crippen molar-refractivity contribution in [3.63, 3.8) is 0 Å². The van der Waals surface area contributed by atoms with Gasteiger partial charge in [0.05, 0.1) is 31.8 Å². The highest BCUT2D eigenvalue weighted by atomic mass is 16.6. The summed E-state index contributed by atoms with van der Waals surface area (Å²) in [6.07, 6.45) is 2.25. The maximum absolute atomic E-state index is 11.2. The first-order valence-electron chi connectivity index (χ1n) is 16.9. The molecule has 0 radical (unpaired) electrons. The maximum atomic E-state index is 11.2. The van der Waals surface area contributed by atoms with Crippen molar-refractivity contribution in [3.8, 4) is 22.6 Å². The van der Waals surface area contributed by atoms with E-state index in [4.69, 9.17) is 28.4 Å². The molecule has 0 unspecified atom stereocenters. The van der Waals surface area contributed by atoms with Gasteiger partial charge in [-0.3, -0.25) is 0 Å². The van der Waals surface area contributed by atoms with E-state index in [-0.39, 0.29) is 26.4 Å². The van der Waals surface area contributed by atoms with Crippen molar-refractivity contribution in [1.82, 2.24) is 0 Å². The van der Waals surface area contributed by atoms with E-state index in [0.29, 0.717) is 26.4 Å². The molecular formula is C43H40O8. The van der Waals surface area contributed by atoms with Crippen LogP contribution in [0.1, 0.15) is 22.3 Å². The topological polar surface area (TPSA) is 89.5 Å². The number of carbonyl (C=O) groups is 2. The average molecular weight is 685 g/mol. The van der Waals surface area contributed by atoms with Crippen molar-refractivity contribution in [2.24, 2.45) is 0 Å². The Labute approximate surface area is 297 Å². The lowest BCUT2D eigenvalue weighted by Crippen LogP contribution is -2.28. The summed E-state index contributed by atoms with van der Waals surface area (Å²) in [5.74, 6) is 0.513. The molecule has 6 rings (SSSR count). The molecule has 0 atom stereocenters. The molecule has 1 aliphatic carbocycles. The normalized spacial score (nSPS) is 12.4. The lowest BCUT2D eigenvalue weighted by atomic mass is 9.67. The van der Waals surface area contributed by atoms with E-state index in [9.17, 15) is 9.59 Å². The number of rotatable bonds is 18. The van der Waals surface area contributed by atoms with Crippen molar-refractivity contribution in [1.29, 1.82) is 0 Å². The number of hydrogen-bond donors (Lipinski definition) is 0. The van der Waals surface area contributed by atoms with Gasteiger partial charge in [0.15, 0.2) is 0 Å². The molecule has 0 saturated carbocycles. The van der Waals surface area contributed by atoms with Crippen molar-refractivity contribution in [2.75, 3.05) is 52.9 Å². The Morgan fingerprint density at radius 1 is 0.510 bits per heavy atom. The van der Waals surface area contributed by atoms with Gasteiger partial charge < -0.3 is 28.4 Å². The Morgan fingerprint density at radius 2 is 0.980 bits per heavy atom. The van der Waals surface area contributed by atoms with E-state index >= 15 is 0 Å². The zero-order valence-corrected chi connectivity index (χ0v) is 28.4. The van der Waals surface area contributed by atoms with Gasteiger partial charge in [-0.25, -0.2) is 9.59 Å². The first-order chi connectivity index (χ1) is 25.0. The molecule has 51 heavy (non-hydrogen) atoms. The van der Waals surface area contributed by atoms with Gasteiger partial charge in [0.25, 0.3) is 0 Å². The second-order valence-electron chi connectivity index (χ2n) is 11.8. The summed E-state index contributed by atoms with van der Waals surface area (Å²) >= 11 is 0. The van der Waals surface area contributed by atoms with Crippen LogP contribution < -0.4 is 9.47 Å². The maximum Gasteiger partial charge on any atom is 0.330 e. The first-order valence-corrected chi connectivity index (χ1v) is 16.9. The second kappa shape index (κ2) is 16.8. The molecule has 5 aromatic rings. The fourth-order valence-electron chi connectivity index (χ4n) is 6.52. The van der Waals surface area contributed by atoms with Crippen LogP contribution in [-0.2, 0) is 34.0 Å². The molecule has 0 aromatic heterocycles. The molecule has 0 spiro atoms. The molecule has 8 nitrogen and oxygen atoms in total. The van der Waals surface area contributed by atoms with Gasteiger partial charge in [-0.15, -0.1) is 0 Å². The van der Waals surface area contributed by atoms with Crippen molar-refractivity contribution in [3.05, 3.63) is 157 Å². The van der Waals surface area contributed by atoms with Gasteiger partial charge in [0, 0.05) is 12.2 Å². The lowest BCUT2D eigenvalue weighted by molar-refractivity contribution is -0.140. The molecule has 0 aliphatic heterocycles. The van der Waals surface area contributed by atoms with Crippen LogP contribution in [0.5, 0.6) is 11.5 Å². The van der Waals surface area contributed by atoms with Gasteiger partial charge in [0.1, 0.15) is 37.9 Å². The third-order valence-corrected chi connectivity index (χ3v) is 8.76. The quantitative estimate of drug-likeness (QED) is 0.0524. The van der Waals surface area contributed by atoms with Crippen LogP contribution in [0.3, 0.4) is 0 Å². The monoisotopic (exact) mass is 684 g/mol. The minimum absolute atomic E-state index is 0.165. The fourth-order valence-corrected chi connectivity index (χ4v) is 6.52. The largest absolute Gasteiger partial charge is 0.491 e. The number of fused-ring (bicyclic) bond motifs is 4. The number of hydrogen-bond acceptors (Lipinski definition) is 8. The molecule has 0 heterocycles. The standard InChI is InChI=1S/C43H40O8/c1-3-41(44)50-27-23-46-21-25-48-35-17-13-33(14-18-35)43(34-15-19-36(20-16-34)49-26-22-47-24-28-51-42(45)4-2)39-12-8-7-11-37(39)38-29-31-9-5-6-10-32(31)30-40(38)43/h3-20,29-30H,1-2,21-28H2. The highest BCUT2D eigenvalue weighted by Crippen LogP contribution is 2.57. The number of carbonyl (C=O) groups excluding carboxylic acids is 2. The van der Waals surface area contributed by atoms with E-state index in [1.165, 1.54) is 33.0 Å². The predicted octanol–water partition coefficient (Wildman–Crippen LogP) is 7.45. The molecule has 0 bridgehead atoms. The molecule has 0 fully saturated rings. The van der Waals surface area contributed by atoms with Crippen molar-refractivity contribution < 1.29 is 38.0 Å². The molecule has 0 N–H and O–H groups in total. The predicted molar refractivity (Wildman–Crippen MR) is 196 cm³/mol. The number of benzene rings is 5. The van der Waals surface area contributed by atoms with Crippen LogP contribution in [0.4, 0.5) is 0 Å². The van der Waals surface area contributed by atoms with Gasteiger partial charge >= 0.3 is 11.9 Å². The van der Waals surface area contributed by atoms with E-state index in [0.717, 1.165) is 34.8 Å². The summed E-state index contributed by atoms with van der Waals surface area (Å²) in [7, 11) is 0. The van der Waals surface area contributed by atoms with E-state index in [1.807, 2.05) is 24.3 Å². The Balaban J connectivity index is 1.25. The Morgan fingerprint density at radius 3 is 1.51 bits per heavy atom. The van der Waals surface area contributed by atoms with Crippen LogP contribution in [0, 0.1) is 0 Å². The molecule has 0 amide bonds. The van der Waals surface area contributed by atoms with Crippen LogP contribution in [-0.4, -0.2) is 64.8 Å². The van der Waals surface area contributed by atoms with Crippen molar-refractivity contribution >= 4 is 22.7 Å². The fraction of sp³-hybridized carbons (Fsp3) is 0.209. The molecule has 0 saturated heterocycles. The van der Waals surface area contributed by atoms with E-state index < -0.39 is 17.4 Å². The minimum Gasteiger partial charge on any atom is -0.491 e. The summed E-state index contributed by atoms with van der Waals surface area (Å²) < 4.78 is 33.0. The zero-order chi connectivity index (χ0) is 35.5. The molecule has 260 valence electrons. The number of esters is 2. The Kier molecular flexibility index (Phi) is 11.6. The molecule has 5 aromatic carbocycles. The summed E-state index contributed by atoms with van der Waals surface area (Å²) in [6.45, 7) is 9.08. The second-order valence-corrected chi connectivity index (χ2v) is 11.8. The smallest absolute Gasteiger partial charge is 0.330 e. The highest BCUT2D eigenvalue weighted by molar-refractivity contribution is 5.95. The van der Waals surface area contributed by atoms with E-state index in [2.05, 4.69) is 98.1 Å². The number of ether oxygens (including phenoxy) is 6. The van der Waals surface area contributed by atoms with Crippen LogP contribution in [0.2, 0.25) is 0 Å². The first kappa shape index (κ1) is 35.1. The van der Waals surface area contributed by atoms with Crippen LogP contribution in [0.25, 0.3) is 21.9 Å². The zero-order valence-electron chi connectivity index (χ0n) is 28.4. The van der Waals surface area contributed by atoms with Gasteiger partial charge in [0.2, 0.25) is 0 Å². The third-order valence-electron chi connectivity index (χ3n) is 8.76. The molecular weight excluding hydrogens is 644 g/mol. The minimum atomic E-state index is -0.606. The van der Waals surface area contributed by atoms with Gasteiger partial charge in [-0.05, 0) is 80.6 Å². The Hall–Kier alpha value is -5.70.